The van der Waals surface area contributed by atoms with Crippen LogP contribution in [0.25, 0.3) is 0 Å². The molecule has 0 fully saturated rings. The van der Waals surface area contributed by atoms with E-state index in [2.05, 4.69) is 68.4 Å². The first-order valence-electron chi connectivity index (χ1n) is 8.80. The smallest absolute Gasteiger partial charge is 0.00813 e. The Bertz CT molecular complexity index is 454. The number of nitrogens with two attached hydrogens (primary N) is 1. The quantitative estimate of drug-likeness (QED) is 0.525. The van der Waals surface area contributed by atoms with Crippen molar-refractivity contribution in [3.8, 4) is 0 Å². The summed E-state index contributed by atoms with van der Waals surface area (Å²) in [4.78, 5) is 0. The van der Waals surface area contributed by atoms with Crippen LogP contribution in [0.2, 0.25) is 0 Å². The van der Waals surface area contributed by atoms with Crippen LogP contribution in [-0.2, 0) is 0 Å². The number of rotatable bonds is 7. The molecule has 0 aromatic carbocycles. The highest BCUT2D eigenvalue weighted by Gasteiger charge is 2.29. The molecule has 0 amide bonds. The maximum Gasteiger partial charge on any atom is 0.00813 e. The van der Waals surface area contributed by atoms with Gasteiger partial charge in [0.15, 0.2) is 0 Å². The molecule has 0 spiro atoms. The molecular weight excluding hydrogens is 266 g/mol. The van der Waals surface area contributed by atoms with Gasteiger partial charge in [0.2, 0.25) is 0 Å². The molecule has 0 aliphatic carbocycles. The fraction of sp³-hybridized carbons (Fsp3) is 0.714. The van der Waals surface area contributed by atoms with Gasteiger partial charge >= 0.3 is 0 Å². The van der Waals surface area contributed by atoms with Gasteiger partial charge in [-0.05, 0) is 73.7 Å². The van der Waals surface area contributed by atoms with E-state index in [1.54, 1.807) is 0 Å². The molecule has 0 aliphatic heterocycles. The van der Waals surface area contributed by atoms with Crippen molar-refractivity contribution >= 4 is 0 Å². The molecule has 1 atom stereocenters. The highest BCUT2D eigenvalue weighted by molar-refractivity contribution is 5.47. The van der Waals surface area contributed by atoms with Gasteiger partial charge < -0.3 is 5.73 Å². The van der Waals surface area contributed by atoms with Gasteiger partial charge in [-0.25, -0.2) is 0 Å². The average Bonchev–Trinajstić information content (AvgIpc) is 2.41. The van der Waals surface area contributed by atoms with Crippen LogP contribution in [-0.4, -0.2) is 0 Å². The topological polar surface area (TPSA) is 26.0 Å². The first-order valence-corrected chi connectivity index (χ1v) is 8.80. The summed E-state index contributed by atoms with van der Waals surface area (Å²) >= 11 is 0. The molecule has 128 valence electrons. The Morgan fingerprint density at radius 2 is 1.55 bits per heavy atom. The lowest BCUT2D eigenvalue weighted by molar-refractivity contribution is 0.323. The molecule has 0 saturated heterocycles. The monoisotopic (exact) mass is 305 g/mol. The predicted molar refractivity (Wildman–Crippen MR) is 102 cm³/mol. The van der Waals surface area contributed by atoms with Gasteiger partial charge in [-0.3, -0.25) is 0 Å². The highest BCUT2D eigenvalue weighted by atomic mass is 14.6. The van der Waals surface area contributed by atoms with Gasteiger partial charge in [0.05, 0.1) is 0 Å². The summed E-state index contributed by atoms with van der Waals surface area (Å²) in [6.45, 7) is 22.5. The summed E-state index contributed by atoms with van der Waals surface area (Å²) < 4.78 is 0. The largest absolute Gasteiger partial charge is 0.402 e. The van der Waals surface area contributed by atoms with Crippen molar-refractivity contribution < 1.29 is 0 Å². The van der Waals surface area contributed by atoms with Gasteiger partial charge in [-0.2, -0.15) is 0 Å². The van der Waals surface area contributed by atoms with E-state index < -0.39 is 0 Å². The van der Waals surface area contributed by atoms with E-state index in [0.717, 1.165) is 11.6 Å². The van der Waals surface area contributed by atoms with Gasteiger partial charge in [0.25, 0.3) is 0 Å². The van der Waals surface area contributed by atoms with E-state index in [1.807, 2.05) is 6.92 Å². The maximum atomic E-state index is 6.05. The molecule has 0 heterocycles. The van der Waals surface area contributed by atoms with Crippen LogP contribution in [0.5, 0.6) is 0 Å². The van der Waals surface area contributed by atoms with Crippen LogP contribution in [0, 0.1) is 17.3 Å². The summed E-state index contributed by atoms with van der Waals surface area (Å²) in [6, 6.07) is 0. The normalized spacial score (nSPS) is 17.3. The molecule has 0 aromatic rings. The third-order valence-electron chi connectivity index (χ3n) is 5.00. The first-order chi connectivity index (χ1) is 9.99. The average molecular weight is 306 g/mol. The summed E-state index contributed by atoms with van der Waals surface area (Å²) in [6.07, 6.45) is 4.78. The van der Waals surface area contributed by atoms with E-state index in [0.29, 0.717) is 5.92 Å². The van der Waals surface area contributed by atoms with E-state index >= 15 is 0 Å². The Balaban J connectivity index is 6.06. The number of hydrogen-bond donors (Lipinski definition) is 1. The Hall–Kier alpha value is -0.980. The minimum atomic E-state index is 0.188. The lowest BCUT2D eigenvalue weighted by Gasteiger charge is -2.35. The van der Waals surface area contributed by atoms with Gasteiger partial charge in [0.1, 0.15) is 0 Å². The number of hydrogen-bond acceptors (Lipinski definition) is 1. The zero-order chi connectivity index (χ0) is 17.7. The van der Waals surface area contributed by atoms with Crippen LogP contribution in [0.15, 0.2) is 34.1 Å². The highest BCUT2D eigenvalue weighted by Crippen LogP contribution is 2.42. The van der Waals surface area contributed by atoms with E-state index in [-0.39, 0.29) is 5.41 Å². The van der Waals surface area contributed by atoms with Crippen LogP contribution < -0.4 is 5.73 Å². The number of allylic oxidation sites excluding steroid dienone is 6. The van der Waals surface area contributed by atoms with Crippen molar-refractivity contribution in [1.82, 2.24) is 0 Å². The van der Waals surface area contributed by atoms with Crippen molar-refractivity contribution in [1.29, 1.82) is 0 Å². The van der Waals surface area contributed by atoms with Crippen molar-refractivity contribution in [3.05, 3.63) is 34.1 Å². The lowest BCUT2D eigenvalue weighted by atomic mass is 9.70. The SMILES string of the molecule is C/C=C(/C(=C(C)\C(C)=C(/C)N)C(C)C)C(C)(C)CC(C)CC. The summed E-state index contributed by atoms with van der Waals surface area (Å²) in [7, 11) is 0. The zero-order valence-corrected chi connectivity index (χ0v) is 16.7. The van der Waals surface area contributed by atoms with E-state index in [9.17, 15) is 0 Å². The molecular formula is C21H39N. The third kappa shape index (κ3) is 5.34. The summed E-state index contributed by atoms with van der Waals surface area (Å²) in [5.41, 5.74) is 12.7. The molecule has 22 heavy (non-hydrogen) atoms. The summed E-state index contributed by atoms with van der Waals surface area (Å²) in [5, 5.41) is 0. The minimum Gasteiger partial charge on any atom is -0.402 e. The predicted octanol–water partition coefficient (Wildman–Crippen LogP) is 6.62. The van der Waals surface area contributed by atoms with Gasteiger partial charge in [-0.1, -0.05) is 54.0 Å². The fourth-order valence-electron chi connectivity index (χ4n) is 3.48. The molecule has 0 aromatic heterocycles. The first kappa shape index (κ1) is 21.0. The molecule has 0 bridgehead atoms. The molecule has 0 radical (unpaired) electrons. The second-order valence-electron chi connectivity index (χ2n) is 7.81. The molecule has 2 N–H and O–H groups in total. The van der Waals surface area contributed by atoms with Crippen LogP contribution in [0.3, 0.4) is 0 Å². The van der Waals surface area contributed by atoms with Crippen molar-refractivity contribution in [2.24, 2.45) is 23.0 Å². The van der Waals surface area contributed by atoms with Crippen molar-refractivity contribution in [3.63, 3.8) is 0 Å². The lowest BCUT2D eigenvalue weighted by Crippen LogP contribution is -2.22. The van der Waals surface area contributed by atoms with Gasteiger partial charge in [0, 0.05) is 5.70 Å². The van der Waals surface area contributed by atoms with Crippen LogP contribution in [0.4, 0.5) is 0 Å². The Labute approximate surface area is 139 Å². The Morgan fingerprint density at radius 1 is 1.05 bits per heavy atom. The summed E-state index contributed by atoms with van der Waals surface area (Å²) in [5.74, 6) is 1.24. The molecule has 1 unspecified atom stereocenters. The van der Waals surface area contributed by atoms with Gasteiger partial charge in [-0.15, -0.1) is 0 Å². The van der Waals surface area contributed by atoms with Crippen LogP contribution >= 0.6 is 0 Å². The van der Waals surface area contributed by atoms with E-state index in [1.165, 1.54) is 35.1 Å². The van der Waals surface area contributed by atoms with Crippen LogP contribution in [0.1, 0.15) is 82.1 Å². The van der Waals surface area contributed by atoms with E-state index in [4.69, 9.17) is 5.73 Å². The zero-order valence-electron chi connectivity index (χ0n) is 16.7. The molecule has 0 aliphatic rings. The molecule has 0 saturated carbocycles. The molecule has 1 heteroatoms. The standard InChI is InChI=1S/C21H39N/c1-11-15(5)13-21(9,10)19(12-2)20(14(3)4)17(7)16(6)18(8)22/h12,14-15H,11,13,22H2,1-10H3/b18-16+,19-12-,20-17-. The minimum absolute atomic E-state index is 0.188. The maximum absolute atomic E-state index is 6.05. The van der Waals surface area contributed by atoms with Crippen molar-refractivity contribution in [2.45, 2.75) is 82.1 Å². The second kappa shape index (κ2) is 8.60. The Morgan fingerprint density at radius 3 is 1.86 bits per heavy atom. The Kier molecular flexibility index (Phi) is 8.22. The molecule has 1 nitrogen and oxygen atoms in total. The van der Waals surface area contributed by atoms with Crippen molar-refractivity contribution in [2.75, 3.05) is 0 Å². The molecule has 0 rings (SSSR count). The second-order valence-corrected chi connectivity index (χ2v) is 7.81. The fourth-order valence-corrected chi connectivity index (χ4v) is 3.48. The third-order valence-corrected chi connectivity index (χ3v) is 5.00.